The van der Waals surface area contributed by atoms with E-state index in [4.69, 9.17) is 0 Å². The number of likely N-dealkylation sites (tertiary alicyclic amines) is 1. The highest BCUT2D eigenvalue weighted by molar-refractivity contribution is 9.10. The zero-order valence-electron chi connectivity index (χ0n) is 10.4. The van der Waals surface area contributed by atoms with Gasteiger partial charge in [0, 0.05) is 30.4 Å². The first-order chi connectivity index (χ1) is 8.80. The van der Waals surface area contributed by atoms with Crippen molar-refractivity contribution in [3.63, 3.8) is 0 Å². The van der Waals surface area contributed by atoms with Gasteiger partial charge in [0.1, 0.15) is 5.82 Å². The third-order valence-corrected chi connectivity index (χ3v) is 3.92. The van der Waals surface area contributed by atoms with Gasteiger partial charge in [-0.05, 0) is 40.5 Å². The van der Waals surface area contributed by atoms with E-state index in [0.29, 0.717) is 10.0 Å². The van der Waals surface area contributed by atoms with Crippen LogP contribution in [0.2, 0.25) is 0 Å². The van der Waals surface area contributed by atoms with E-state index in [1.807, 2.05) is 0 Å². The molecule has 19 heavy (non-hydrogen) atoms. The van der Waals surface area contributed by atoms with E-state index in [0.717, 1.165) is 6.07 Å². The van der Waals surface area contributed by atoms with Crippen LogP contribution in [0.3, 0.4) is 0 Å². The van der Waals surface area contributed by atoms with Gasteiger partial charge < -0.3 is 4.90 Å². The van der Waals surface area contributed by atoms with Crippen LogP contribution < -0.4 is 0 Å². The number of alkyl halides is 2. The molecule has 0 saturated carbocycles. The fourth-order valence-electron chi connectivity index (χ4n) is 2.02. The summed E-state index contributed by atoms with van der Waals surface area (Å²) in [4.78, 5) is 13.5. The van der Waals surface area contributed by atoms with Gasteiger partial charge in [-0.15, -0.1) is 0 Å². The minimum absolute atomic E-state index is 0.00618. The first-order valence-electron chi connectivity index (χ1n) is 5.93. The van der Waals surface area contributed by atoms with Crippen molar-refractivity contribution in [2.24, 2.45) is 0 Å². The summed E-state index contributed by atoms with van der Waals surface area (Å²) in [5.74, 6) is -3.60. The van der Waals surface area contributed by atoms with Crippen LogP contribution in [0.4, 0.5) is 13.2 Å². The summed E-state index contributed by atoms with van der Waals surface area (Å²) in [6.07, 6.45) is -0.685. The fraction of sp³-hybridized carbons (Fsp3) is 0.462. The van der Waals surface area contributed by atoms with Crippen LogP contribution in [0, 0.1) is 12.7 Å². The highest BCUT2D eigenvalue weighted by Crippen LogP contribution is 2.29. The van der Waals surface area contributed by atoms with Crippen LogP contribution in [0.25, 0.3) is 0 Å². The smallest absolute Gasteiger partial charge is 0.255 e. The maximum Gasteiger partial charge on any atom is 0.255 e. The van der Waals surface area contributed by atoms with E-state index < -0.39 is 17.6 Å². The van der Waals surface area contributed by atoms with Crippen molar-refractivity contribution in [1.29, 1.82) is 0 Å². The average molecular weight is 336 g/mol. The molecule has 1 saturated heterocycles. The Morgan fingerprint density at radius 3 is 2.47 bits per heavy atom. The van der Waals surface area contributed by atoms with Crippen molar-refractivity contribution in [3.8, 4) is 0 Å². The molecule has 0 unspecified atom stereocenters. The third-order valence-electron chi connectivity index (χ3n) is 3.26. The molecule has 0 aliphatic carbocycles. The Morgan fingerprint density at radius 1 is 1.32 bits per heavy atom. The van der Waals surface area contributed by atoms with Gasteiger partial charge in [0.2, 0.25) is 0 Å². The van der Waals surface area contributed by atoms with E-state index >= 15 is 0 Å². The predicted molar refractivity (Wildman–Crippen MR) is 68.9 cm³/mol. The number of carbonyl (C=O) groups excluding carboxylic acids is 1. The normalized spacial score (nSPS) is 18.5. The number of hydrogen-bond donors (Lipinski definition) is 0. The lowest BCUT2D eigenvalue weighted by atomic mass is 10.0. The molecule has 0 N–H and O–H groups in total. The molecular weight excluding hydrogens is 323 g/mol. The molecule has 0 bridgehead atoms. The molecule has 1 aromatic carbocycles. The minimum Gasteiger partial charge on any atom is -0.338 e. The number of benzene rings is 1. The monoisotopic (exact) mass is 335 g/mol. The summed E-state index contributed by atoms with van der Waals surface area (Å²) in [5, 5.41) is 0. The summed E-state index contributed by atoms with van der Waals surface area (Å²) in [6.45, 7) is 1.58. The first-order valence-corrected chi connectivity index (χ1v) is 6.72. The maximum atomic E-state index is 13.5. The van der Waals surface area contributed by atoms with E-state index in [2.05, 4.69) is 15.9 Å². The second-order valence-corrected chi connectivity index (χ2v) is 5.58. The molecule has 104 valence electrons. The number of aryl methyl sites for hydroxylation is 1. The quantitative estimate of drug-likeness (QED) is 0.765. The predicted octanol–water partition coefficient (Wildman–Crippen LogP) is 3.77. The maximum absolute atomic E-state index is 13.5. The zero-order chi connectivity index (χ0) is 14.2. The van der Waals surface area contributed by atoms with Gasteiger partial charge in [0.05, 0.1) is 5.56 Å². The van der Waals surface area contributed by atoms with Gasteiger partial charge in [0.25, 0.3) is 11.8 Å². The van der Waals surface area contributed by atoms with E-state index in [1.54, 1.807) is 6.92 Å². The van der Waals surface area contributed by atoms with Crippen LogP contribution >= 0.6 is 15.9 Å². The highest BCUT2D eigenvalue weighted by Gasteiger charge is 2.36. The van der Waals surface area contributed by atoms with Crippen molar-refractivity contribution in [3.05, 3.63) is 33.5 Å². The number of hydrogen-bond acceptors (Lipinski definition) is 1. The topological polar surface area (TPSA) is 20.3 Å². The second-order valence-electron chi connectivity index (χ2n) is 4.73. The second kappa shape index (κ2) is 5.15. The van der Waals surface area contributed by atoms with Crippen molar-refractivity contribution < 1.29 is 18.0 Å². The van der Waals surface area contributed by atoms with Crippen LogP contribution in [-0.2, 0) is 0 Å². The van der Waals surface area contributed by atoms with Crippen molar-refractivity contribution in [1.82, 2.24) is 4.90 Å². The zero-order valence-corrected chi connectivity index (χ0v) is 11.9. The lowest BCUT2D eigenvalue weighted by molar-refractivity contribution is -0.0494. The van der Waals surface area contributed by atoms with E-state index in [1.165, 1.54) is 11.0 Å². The van der Waals surface area contributed by atoms with Crippen molar-refractivity contribution >= 4 is 21.8 Å². The summed E-state index contributed by atoms with van der Waals surface area (Å²) in [6, 6.07) is 2.66. The van der Waals surface area contributed by atoms with Crippen LogP contribution in [0.5, 0.6) is 0 Å². The largest absolute Gasteiger partial charge is 0.338 e. The first kappa shape index (κ1) is 14.4. The van der Waals surface area contributed by atoms with Gasteiger partial charge in [0.15, 0.2) is 0 Å². The average Bonchev–Trinajstić information content (AvgIpc) is 2.33. The fourth-order valence-corrected chi connectivity index (χ4v) is 2.64. The molecule has 0 aromatic heterocycles. The molecule has 1 fully saturated rings. The summed E-state index contributed by atoms with van der Waals surface area (Å²) >= 11 is 3.21. The molecule has 1 amide bonds. The van der Waals surface area contributed by atoms with Gasteiger partial charge in [-0.25, -0.2) is 13.2 Å². The van der Waals surface area contributed by atoms with Crippen molar-refractivity contribution in [2.75, 3.05) is 13.1 Å². The molecule has 0 atom stereocenters. The Hall–Kier alpha value is -1.04. The molecule has 1 heterocycles. The standard InChI is InChI=1S/C13H13BrF3NO/c1-8-6-10(14)9(7-11(8)15)12(19)18-4-2-13(16,17)3-5-18/h6-7H,2-5H2,1H3. The Morgan fingerprint density at radius 2 is 1.89 bits per heavy atom. The molecule has 1 aliphatic heterocycles. The molecule has 0 radical (unpaired) electrons. The lowest BCUT2D eigenvalue weighted by Crippen LogP contribution is -2.42. The molecular formula is C13H13BrF3NO. The Bertz CT molecular complexity index is 509. The number of amides is 1. The minimum atomic E-state index is -2.70. The highest BCUT2D eigenvalue weighted by atomic mass is 79.9. The molecule has 6 heteroatoms. The number of piperidine rings is 1. The number of rotatable bonds is 1. The Kier molecular flexibility index (Phi) is 3.90. The Labute approximate surface area is 117 Å². The van der Waals surface area contributed by atoms with Crippen molar-refractivity contribution in [2.45, 2.75) is 25.7 Å². The molecule has 0 spiro atoms. The molecule has 1 aliphatic rings. The van der Waals surface area contributed by atoms with E-state index in [9.17, 15) is 18.0 Å². The SMILES string of the molecule is Cc1cc(Br)c(C(=O)N2CCC(F)(F)CC2)cc1F. The van der Waals surface area contributed by atoms with Gasteiger partial charge in [-0.1, -0.05) is 0 Å². The van der Waals surface area contributed by atoms with Gasteiger partial charge in [-0.3, -0.25) is 4.79 Å². The third kappa shape index (κ3) is 3.11. The van der Waals surface area contributed by atoms with Gasteiger partial charge >= 0.3 is 0 Å². The number of halogens is 4. The summed E-state index contributed by atoms with van der Waals surface area (Å²) < 4.78 is 40.0. The number of carbonyl (C=O) groups is 1. The molecule has 2 nitrogen and oxygen atoms in total. The van der Waals surface area contributed by atoms with Gasteiger partial charge in [-0.2, -0.15) is 0 Å². The van der Waals surface area contributed by atoms with Crippen LogP contribution in [0.15, 0.2) is 16.6 Å². The molecule has 1 aromatic rings. The van der Waals surface area contributed by atoms with Crippen LogP contribution in [-0.4, -0.2) is 29.8 Å². The molecule has 2 rings (SSSR count). The lowest BCUT2D eigenvalue weighted by Gasteiger charge is -2.32. The van der Waals surface area contributed by atoms with Crippen LogP contribution in [0.1, 0.15) is 28.8 Å². The van der Waals surface area contributed by atoms with E-state index in [-0.39, 0.29) is 31.5 Å². The Balaban J connectivity index is 2.19. The summed E-state index contributed by atoms with van der Waals surface area (Å²) in [7, 11) is 0. The summed E-state index contributed by atoms with van der Waals surface area (Å²) in [5.41, 5.74) is 0.599. The number of nitrogens with zero attached hydrogens (tertiary/aromatic N) is 1.